The van der Waals surface area contributed by atoms with Crippen LogP contribution in [0.15, 0.2) is 36.5 Å². The normalized spacial score (nSPS) is 15.9. The minimum absolute atomic E-state index is 0.0568. The van der Waals surface area contributed by atoms with Crippen LogP contribution in [0.4, 0.5) is 5.82 Å². The molecular weight excluding hydrogens is 316 g/mol. The van der Waals surface area contributed by atoms with E-state index in [0.29, 0.717) is 18.8 Å². The Labute approximate surface area is 147 Å². The van der Waals surface area contributed by atoms with Crippen LogP contribution in [-0.4, -0.2) is 39.6 Å². The van der Waals surface area contributed by atoms with Crippen molar-refractivity contribution in [2.45, 2.75) is 39.2 Å². The van der Waals surface area contributed by atoms with E-state index in [4.69, 9.17) is 0 Å². The van der Waals surface area contributed by atoms with Crippen molar-refractivity contribution < 1.29 is 9.59 Å². The van der Waals surface area contributed by atoms with Crippen molar-refractivity contribution in [3.05, 3.63) is 47.7 Å². The minimum Gasteiger partial charge on any atom is -0.333 e. The first kappa shape index (κ1) is 17.2. The molecule has 1 aromatic heterocycles. The summed E-state index contributed by atoms with van der Waals surface area (Å²) in [6.07, 6.45) is 4.34. The second-order valence-electron chi connectivity index (χ2n) is 6.55. The maximum atomic E-state index is 12.3. The van der Waals surface area contributed by atoms with E-state index in [-0.39, 0.29) is 24.4 Å². The largest absolute Gasteiger partial charge is 0.333 e. The molecule has 2 amide bonds. The number of carbonyl (C=O) groups is 2. The number of nitrogens with zero attached hydrogens (tertiary/aromatic N) is 3. The van der Waals surface area contributed by atoms with Crippen molar-refractivity contribution in [3.63, 3.8) is 0 Å². The van der Waals surface area contributed by atoms with Crippen molar-refractivity contribution in [2.24, 2.45) is 0 Å². The summed E-state index contributed by atoms with van der Waals surface area (Å²) in [7, 11) is 0. The van der Waals surface area contributed by atoms with Gasteiger partial charge >= 0.3 is 0 Å². The van der Waals surface area contributed by atoms with Gasteiger partial charge in [-0.05, 0) is 32.3 Å². The van der Waals surface area contributed by atoms with Crippen LogP contribution in [-0.2, 0) is 9.59 Å². The van der Waals surface area contributed by atoms with Gasteiger partial charge in [0.25, 0.3) is 0 Å². The Kier molecular flexibility index (Phi) is 5.16. The summed E-state index contributed by atoms with van der Waals surface area (Å²) in [6, 6.07) is 10.2. The van der Waals surface area contributed by atoms with Crippen molar-refractivity contribution in [1.29, 1.82) is 0 Å². The number of benzene rings is 1. The molecule has 0 bridgehead atoms. The van der Waals surface area contributed by atoms with E-state index in [0.717, 1.165) is 24.0 Å². The zero-order valence-electron chi connectivity index (χ0n) is 14.7. The molecule has 1 fully saturated rings. The SMILES string of the molecule is Cc1cn([C@H](C)c2ccccc2)nc1NC(=O)CN1CCCCC1=O. The van der Waals surface area contributed by atoms with Crippen LogP contribution < -0.4 is 5.32 Å². The molecular formula is C19H24N4O2. The van der Waals surface area contributed by atoms with Gasteiger partial charge in [-0.2, -0.15) is 5.10 Å². The summed E-state index contributed by atoms with van der Waals surface area (Å²) < 4.78 is 1.85. The molecule has 1 aliphatic heterocycles. The van der Waals surface area contributed by atoms with Gasteiger partial charge in [0, 0.05) is 24.7 Å². The lowest BCUT2D eigenvalue weighted by Crippen LogP contribution is -2.40. The second-order valence-corrected chi connectivity index (χ2v) is 6.55. The molecule has 2 heterocycles. The number of aryl methyl sites for hydroxylation is 1. The lowest BCUT2D eigenvalue weighted by Gasteiger charge is -2.25. The van der Waals surface area contributed by atoms with E-state index in [1.807, 2.05) is 36.0 Å². The fourth-order valence-electron chi connectivity index (χ4n) is 3.06. The highest BCUT2D eigenvalue weighted by molar-refractivity contribution is 5.94. The zero-order valence-corrected chi connectivity index (χ0v) is 14.7. The van der Waals surface area contributed by atoms with E-state index >= 15 is 0 Å². The number of hydrogen-bond acceptors (Lipinski definition) is 3. The van der Waals surface area contributed by atoms with E-state index in [9.17, 15) is 9.59 Å². The molecule has 1 saturated heterocycles. The Morgan fingerprint density at radius 1 is 1.28 bits per heavy atom. The van der Waals surface area contributed by atoms with Crippen LogP contribution in [0.2, 0.25) is 0 Å². The Morgan fingerprint density at radius 3 is 2.76 bits per heavy atom. The van der Waals surface area contributed by atoms with E-state index in [1.54, 1.807) is 4.90 Å². The van der Waals surface area contributed by atoms with Crippen LogP contribution in [0.25, 0.3) is 0 Å². The molecule has 0 saturated carbocycles. The highest BCUT2D eigenvalue weighted by Crippen LogP contribution is 2.21. The molecule has 0 unspecified atom stereocenters. The highest BCUT2D eigenvalue weighted by Gasteiger charge is 2.21. The van der Waals surface area contributed by atoms with Gasteiger partial charge in [0.1, 0.15) is 0 Å². The summed E-state index contributed by atoms with van der Waals surface area (Å²) in [5.74, 6) is 0.412. The minimum atomic E-state index is -0.198. The molecule has 0 radical (unpaired) electrons. The summed E-state index contributed by atoms with van der Waals surface area (Å²) >= 11 is 0. The van der Waals surface area contributed by atoms with Crippen molar-refractivity contribution in [1.82, 2.24) is 14.7 Å². The molecule has 6 nitrogen and oxygen atoms in total. The first-order chi connectivity index (χ1) is 12.0. The van der Waals surface area contributed by atoms with Gasteiger partial charge in [0.2, 0.25) is 11.8 Å². The van der Waals surface area contributed by atoms with E-state index in [2.05, 4.69) is 29.5 Å². The number of hydrogen-bond donors (Lipinski definition) is 1. The zero-order chi connectivity index (χ0) is 17.8. The van der Waals surface area contributed by atoms with Gasteiger partial charge in [-0.1, -0.05) is 30.3 Å². The third-order valence-corrected chi connectivity index (χ3v) is 4.61. The fraction of sp³-hybridized carbons (Fsp3) is 0.421. The summed E-state index contributed by atoms with van der Waals surface area (Å²) in [6.45, 7) is 4.74. The fourth-order valence-corrected chi connectivity index (χ4v) is 3.06. The molecule has 1 atom stereocenters. The second kappa shape index (κ2) is 7.51. The maximum absolute atomic E-state index is 12.3. The lowest BCUT2D eigenvalue weighted by molar-refractivity contribution is -0.136. The molecule has 1 N–H and O–H groups in total. The van der Waals surface area contributed by atoms with Crippen molar-refractivity contribution >= 4 is 17.6 Å². The Bertz CT molecular complexity index is 754. The molecule has 1 aromatic carbocycles. The number of anilines is 1. The first-order valence-corrected chi connectivity index (χ1v) is 8.73. The third kappa shape index (κ3) is 4.07. The number of piperidine rings is 1. The van der Waals surface area contributed by atoms with Gasteiger partial charge in [0.15, 0.2) is 5.82 Å². The van der Waals surface area contributed by atoms with E-state index < -0.39 is 0 Å². The highest BCUT2D eigenvalue weighted by atomic mass is 16.2. The van der Waals surface area contributed by atoms with Gasteiger partial charge in [-0.15, -0.1) is 0 Å². The molecule has 3 rings (SSSR count). The summed E-state index contributed by atoms with van der Waals surface area (Å²) in [5, 5.41) is 7.36. The number of nitrogens with one attached hydrogen (secondary N) is 1. The molecule has 2 aromatic rings. The summed E-state index contributed by atoms with van der Waals surface area (Å²) in [5.41, 5.74) is 2.06. The molecule has 1 aliphatic rings. The summed E-state index contributed by atoms with van der Waals surface area (Å²) in [4.78, 5) is 25.7. The Balaban J connectivity index is 1.66. The third-order valence-electron chi connectivity index (χ3n) is 4.61. The number of likely N-dealkylation sites (tertiary alicyclic amines) is 1. The average molecular weight is 340 g/mol. The van der Waals surface area contributed by atoms with Crippen LogP contribution in [0.1, 0.15) is 43.4 Å². The van der Waals surface area contributed by atoms with Crippen molar-refractivity contribution in [3.8, 4) is 0 Å². The monoisotopic (exact) mass is 340 g/mol. The van der Waals surface area contributed by atoms with Crippen LogP contribution >= 0.6 is 0 Å². The predicted octanol–water partition coefficient (Wildman–Crippen LogP) is 2.75. The topological polar surface area (TPSA) is 67.2 Å². The lowest BCUT2D eigenvalue weighted by atomic mass is 10.1. The van der Waals surface area contributed by atoms with E-state index in [1.165, 1.54) is 0 Å². The molecule has 0 aliphatic carbocycles. The van der Waals surface area contributed by atoms with Gasteiger partial charge in [-0.3, -0.25) is 14.3 Å². The first-order valence-electron chi connectivity index (χ1n) is 8.73. The standard InChI is InChI=1S/C19H24N4O2/c1-14-12-23(15(2)16-8-4-3-5-9-16)21-19(14)20-17(24)13-22-11-7-6-10-18(22)25/h3-5,8-9,12,15H,6-7,10-11,13H2,1-2H3,(H,20,21,24)/t15-/m1/s1. The quantitative estimate of drug-likeness (QED) is 0.910. The molecule has 0 spiro atoms. The molecule has 132 valence electrons. The number of carbonyl (C=O) groups excluding carboxylic acids is 2. The van der Waals surface area contributed by atoms with Gasteiger partial charge < -0.3 is 10.2 Å². The molecule has 25 heavy (non-hydrogen) atoms. The predicted molar refractivity (Wildman–Crippen MR) is 96.3 cm³/mol. The van der Waals surface area contributed by atoms with Gasteiger partial charge in [0.05, 0.1) is 12.6 Å². The van der Waals surface area contributed by atoms with Crippen LogP contribution in [0.3, 0.4) is 0 Å². The Hall–Kier alpha value is -2.63. The maximum Gasteiger partial charge on any atom is 0.245 e. The van der Waals surface area contributed by atoms with Crippen LogP contribution in [0, 0.1) is 6.92 Å². The van der Waals surface area contributed by atoms with Gasteiger partial charge in [-0.25, -0.2) is 0 Å². The molecule has 6 heteroatoms. The number of amides is 2. The average Bonchev–Trinajstić information content (AvgIpc) is 2.97. The van der Waals surface area contributed by atoms with Crippen LogP contribution in [0.5, 0.6) is 0 Å². The smallest absolute Gasteiger partial charge is 0.245 e. The Morgan fingerprint density at radius 2 is 2.04 bits per heavy atom. The number of rotatable bonds is 5. The van der Waals surface area contributed by atoms with Crippen molar-refractivity contribution in [2.75, 3.05) is 18.4 Å². The number of aromatic nitrogens is 2.